The number of hydrogen-bond donors (Lipinski definition) is 2. The summed E-state index contributed by atoms with van der Waals surface area (Å²) in [5.74, 6) is -1.03. The number of H-pyrrole nitrogens is 1. The van der Waals surface area contributed by atoms with Gasteiger partial charge >= 0.3 is 12.1 Å². The summed E-state index contributed by atoms with van der Waals surface area (Å²) in [7, 11) is 0. The standard InChI is InChI=1S/C21H19N3O4/c1-21(2,3)28-20(27)24-16-9-8-12(19(25)26)10-13(16)11-17(24)18-14-6-4-5-7-15(14)22-23-18/h4-11H,1-3H3,(H,22,23)(H,25,26). The molecule has 0 unspecified atom stereocenters. The number of hydrogen-bond acceptors (Lipinski definition) is 4. The number of carbonyl (C=O) groups is 2. The van der Waals surface area contributed by atoms with Gasteiger partial charge in [-0.05, 0) is 51.1 Å². The number of carbonyl (C=O) groups excluding carboxylic acids is 1. The Balaban J connectivity index is 1.99. The largest absolute Gasteiger partial charge is 0.478 e. The van der Waals surface area contributed by atoms with Gasteiger partial charge < -0.3 is 9.84 Å². The lowest BCUT2D eigenvalue weighted by atomic mass is 10.1. The van der Waals surface area contributed by atoms with E-state index >= 15 is 0 Å². The van der Waals surface area contributed by atoms with Crippen molar-refractivity contribution in [2.24, 2.45) is 0 Å². The van der Waals surface area contributed by atoms with Gasteiger partial charge in [0.05, 0.1) is 22.3 Å². The van der Waals surface area contributed by atoms with Crippen molar-refractivity contribution >= 4 is 33.9 Å². The molecule has 0 saturated carbocycles. The van der Waals surface area contributed by atoms with Crippen LogP contribution in [0.5, 0.6) is 0 Å². The van der Waals surface area contributed by atoms with Crippen LogP contribution in [0.4, 0.5) is 4.79 Å². The van der Waals surface area contributed by atoms with Gasteiger partial charge in [-0.25, -0.2) is 14.2 Å². The highest BCUT2D eigenvalue weighted by atomic mass is 16.6. The summed E-state index contributed by atoms with van der Waals surface area (Å²) in [6, 6.07) is 14.0. The molecule has 142 valence electrons. The highest BCUT2D eigenvalue weighted by molar-refractivity contribution is 6.03. The molecule has 0 atom stereocenters. The van der Waals surface area contributed by atoms with Gasteiger partial charge in [0.2, 0.25) is 0 Å². The highest BCUT2D eigenvalue weighted by Crippen LogP contribution is 2.32. The maximum Gasteiger partial charge on any atom is 0.419 e. The maximum absolute atomic E-state index is 13.0. The summed E-state index contributed by atoms with van der Waals surface area (Å²) in [6.07, 6.45) is -0.548. The first kappa shape index (κ1) is 17.8. The topological polar surface area (TPSA) is 97.2 Å². The molecule has 0 fully saturated rings. The first-order valence-electron chi connectivity index (χ1n) is 8.80. The number of fused-ring (bicyclic) bond motifs is 2. The first-order chi connectivity index (χ1) is 13.2. The van der Waals surface area contributed by atoms with Crippen molar-refractivity contribution < 1.29 is 19.4 Å². The normalized spacial score (nSPS) is 11.8. The van der Waals surface area contributed by atoms with Crippen molar-refractivity contribution in [3.05, 3.63) is 54.1 Å². The van der Waals surface area contributed by atoms with E-state index in [1.165, 1.54) is 16.7 Å². The van der Waals surface area contributed by atoms with Gasteiger partial charge in [-0.3, -0.25) is 5.10 Å². The summed E-state index contributed by atoms with van der Waals surface area (Å²) in [5, 5.41) is 18.1. The Labute approximate surface area is 160 Å². The third-order valence-corrected chi connectivity index (χ3v) is 4.34. The molecular formula is C21H19N3O4. The van der Waals surface area contributed by atoms with Crippen LogP contribution in [0.1, 0.15) is 31.1 Å². The second-order valence-electron chi connectivity index (χ2n) is 7.54. The summed E-state index contributed by atoms with van der Waals surface area (Å²) < 4.78 is 7.03. The number of ether oxygens (including phenoxy) is 1. The number of nitrogens with zero attached hydrogens (tertiary/aromatic N) is 2. The van der Waals surface area contributed by atoms with Crippen LogP contribution in [0.2, 0.25) is 0 Å². The molecule has 7 heteroatoms. The minimum absolute atomic E-state index is 0.146. The summed E-state index contributed by atoms with van der Waals surface area (Å²) >= 11 is 0. The lowest BCUT2D eigenvalue weighted by molar-refractivity contribution is 0.0546. The SMILES string of the molecule is CC(C)(C)OC(=O)n1c(-c2n[nH]c3ccccc23)cc2cc(C(=O)O)ccc21. The van der Waals surface area contributed by atoms with E-state index in [4.69, 9.17) is 4.74 Å². The number of para-hydroxylation sites is 1. The molecule has 0 aliphatic heterocycles. The molecule has 0 radical (unpaired) electrons. The molecule has 4 rings (SSSR count). The van der Waals surface area contributed by atoms with Crippen LogP contribution < -0.4 is 0 Å². The Morgan fingerprint density at radius 1 is 1.11 bits per heavy atom. The second-order valence-corrected chi connectivity index (χ2v) is 7.54. The molecule has 0 aliphatic rings. The molecule has 2 aromatic heterocycles. The lowest BCUT2D eigenvalue weighted by Gasteiger charge is -2.20. The molecule has 0 amide bonds. The third kappa shape index (κ3) is 3.00. The number of rotatable bonds is 2. The van der Waals surface area contributed by atoms with Gasteiger partial charge in [0.25, 0.3) is 0 Å². The zero-order chi connectivity index (χ0) is 20.1. The van der Waals surface area contributed by atoms with Crippen molar-refractivity contribution in [2.75, 3.05) is 0 Å². The zero-order valence-electron chi connectivity index (χ0n) is 15.7. The average Bonchev–Trinajstić information content (AvgIpc) is 3.20. The van der Waals surface area contributed by atoms with Crippen LogP contribution in [0.3, 0.4) is 0 Å². The second kappa shape index (κ2) is 6.23. The van der Waals surface area contributed by atoms with E-state index in [0.29, 0.717) is 22.3 Å². The number of aromatic amines is 1. The molecule has 2 N–H and O–H groups in total. The van der Waals surface area contributed by atoms with Gasteiger partial charge in [0.1, 0.15) is 11.3 Å². The number of carboxylic acids is 1. The van der Waals surface area contributed by atoms with E-state index in [-0.39, 0.29) is 5.56 Å². The molecule has 28 heavy (non-hydrogen) atoms. The van der Waals surface area contributed by atoms with E-state index in [1.54, 1.807) is 32.9 Å². The van der Waals surface area contributed by atoms with Crippen molar-refractivity contribution in [1.82, 2.24) is 14.8 Å². The number of carboxylic acid groups (broad SMARTS) is 1. The van der Waals surface area contributed by atoms with E-state index in [0.717, 1.165) is 10.9 Å². The Bertz CT molecular complexity index is 1230. The summed E-state index contributed by atoms with van der Waals surface area (Å²) in [6.45, 7) is 5.38. The summed E-state index contributed by atoms with van der Waals surface area (Å²) in [5.41, 5.74) is 1.98. The van der Waals surface area contributed by atoms with Crippen LogP contribution in [0, 0.1) is 0 Å². The van der Waals surface area contributed by atoms with Crippen LogP contribution >= 0.6 is 0 Å². The van der Waals surface area contributed by atoms with Crippen molar-refractivity contribution in [1.29, 1.82) is 0 Å². The Morgan fingerprint density at radius 2 is 1.86 bits per heavy atom. The number of aromatic nitrogens is 3. The molecule has 0 saturated heterocycles. The molecule has 2 aromatic carbocycles. The van der Waals surface area contributed by atoms with Crippen LogP contribution in [-0.2, 0) is 4.74 Å². The Morgan fingerprint density at radius 3 is 2.57 bits per heavy atom. The van der Waals surface area contributed by atoms with E-state index in [1.807, 2.05) is 24.3 Å². The fraction of sp³-hybridized carbons (Fsp3) is 0.190. The van der Waals surface area contributed by atoms with Crippen LogP contribution in [0.25, 0.3) is 33.2 Å². The maximum atomic E-state index is 13.0. The number of nitrogens with one attached hydrogen (secondary N) is 1. The zero-order valence-corrected chi connectivity index (χ0v) is 15.7. The number of benzene rings is 2. The van der Waals surface area contributed by atoms with Crippen LogP contribution in [0.15, 0.2) is 48.5 Å². The molecule has 4 aromatic rings. The Kier molecular flexibility index (Phi) is 3.96. The lowest BCUT2D eigenvalue weighted by Crippen LogP contribution is -2.27. The predicted molar refractivity (Wildman–Crippen MR) is 106 cm³/mol. The summed E-state index contributed by atoms with van der Waals surface area (Å²) in [4.78, 5) is 24.3. The van der Waals surface area contributed by atoms with Gasteiger partial charge in [0, 0.05) is 10.8 Å². The molecule has 2 heterocycles. The highest BCUT2D eigenvalue weighted by Gasteiger charge is 2.25. The predicted octanol–water partition coefficient (Wildman–Crippen LogP) is 4.67. The molecule has 0 bridgehead atoms. The van der Waals surface area contributed by atoms with E-state index < -0.39 is 17.7 Å². The third-order valence-electron chi connectivity index (χ3n) is 4.34. The van der Waals surface area contributed by atoms with E-state index in [2.05, 4.69) is 10.2 Å². The molecule has 0 aliphatic carbocycles. The average molecular weight is 377 g/mol. The van der Waals surface area contributed by atoms with Gasteiger partial charge in [-0.15, -0.1) is 0 Å². The van der Waals surface area contributed by atoms with Gasteiger partial charge in [-0.2, -0.15) is 5.10 Å². The van der Waals surface area contributed by atoms with Crippen molar-refractivity contribution in [3.63, 3.8) is 0 Å². The monoisotopic (exact) mass is 377 g/mol. The van der Waals surface area contributed by atoms with E-state index in [9.17, 15) is 14.7 Å². The number of aromatic carboxylic acids is 1. The smallest absolute Gasteiger partial charge is 0.419 e. The minimum atomic E-state index is -1.03. The quantitative estimate of drug-likeness (QED) is 0.529. The fourth-order valence-corrected chi connectivity index (χ4v) is 3.19. The Hall–Kier alpha value is -3.61. The molecule has 0 spiro atoms. The van der Waals surface area contributed by atoms with Crippen molar-refractivity contribution in [2.45, 2.75) is 26.4 Å². The molecular weight excluding hydrogens is 358 g/mol. The first-order valence-corrected chi connectivity index (χ1v) is 8.80. The minimum Gasteiger partial charge on any atom is -0.478 e. The van der Waals surface area contributed by atoms with Gasteiger partial charge in [0.15, 0.2) is 0 Å². The van der Waals surface area contributed by atoms with Crippen LogP contribution in [-0.4, -0.2) is 37.5 Å². The fourth-order valence-electron chi connectivity index (χ4n) is 3.19. The molecule has 7 nitrogen and oxygen atoms in total. The van der Waals surface area contributed by atoms with Crippen molar-refractivity contribution in [3.8, 4) is 11.4 Å². The van der Waals surface area contributed by atoms with Gasteiger partial charge in [-0.1, -0.05) is 18.2 Å².